The van der Waals surface area contributed by atoms with Crippen molar-refractivity contribution < 1.29 is 27.2 Å². The molecular weight excluding hydrogens is 489 g/mol. The molecule has 3 heterocycles. The largest absolute Gasteiger partial charge is 0.573 e. The van der Waals surface area contributed by atoms with Crippen molar-refractivity contribution in [2.45, 2.75) is 25.2 Å². The number of carbonyl (C=O) groups excluding carboxylic acids is 1. The zero-order chi connectivity index (χ0) is 24.6. The van der Waals surface area contributed by atoms with Crippen LogP contribution in [0.25, 0.3) is 17.1 Å². The average molecular weight is 505 g/mol. The number of carbonyl (C=O) groups is 1. The summed E-state index contributed by atoms with van der Waals surface area (Å²) in [5.41, 5.74) is 0.722. The van der Waals surface area contributed by atoms with Crippen LogP contribution in [0, 0.1) is 0 Å². The molecule has 1 unspecified atom stereocenters. The molecular formula is C22H16ClF3N6O3. The first-order valence-electron chi connectivity index (χ1n) is 10.5. The molecule has 1 atom stereocenters. The van der Waals surface area contributed by atoms with E-state index in [1.165, 1.54) is 35.4 Å². The van der Waals surface area contributed by atoms with E-state index < -0.39 is 18.2 Å². The molecule has 0 saturated carbocycles. The predicted molar refractivity (Wildman–Crippen MR) is 116 cm³/mol. The lowest BCUT2D eigenvalue weighted by atomic mass is 10.1. The lowest BCUT2D eigenvalue weighted by Gasteiger charge is -2.23. The fourth-order valence-electron chi connectivity index (χ4n) is 3.96. The molecule has 13 heteroatoms. The number of nitrogens with zero attached hydrogens (tertiary/aromatic N) is 6. The molecule has 0 spiro atoms. The summed E-state index contributed by atoms with van der Waals surface area (Å²) >= 11 is 6.13. The Bertz CT molecular complexity index is 1360. The Labute approximate surface area is 201 Å². The van der Waals surface area contributed by atoms with Crippen molar-refractivity contribution in [2.24, 2.45) is 0 Å². The van der Waals surface area contributed by atoms with E-state index in [-0.39, 0.29) is 23.2 Å². The maximum Gasteiger partial charge on any atom is 0.573 e. The van der Waals surface area contributed by atoms with Crippen LogP contribution < -0.4 is 4.74 Å². The van der Waals surface area contributed by atoms with E-state index in [9.17, 15) is 18.0 Å². The van der Waals surface area contributed by atoms with Crippen molar-refractivity contribution in [3.8, 4) is 22.9 Å². The van der Waals surface area contributed by atoms with E-state index in [0.29, 0.717) is 35.7 Å². The molecule has 1 aliphatic rings. The Hall–Kier alpha value is -3.93. The number of ether oxygens (including phenoxy) is 1. The maximum absolute atomic E-state index is 13.5. The molecule has 0 radical (unpaired) electrons. The standard InChI is InChI=1S/C22H16ClF3N6O3/c23-13-7-8-14(17(12-13)32-27-9-10-28-32)21(33)31-11-3-5-16(31)19-29-20(35-30-19)15-4-1-2-6-18(15)34-22(24,25)26/h1-2,4,6-10,12,16H,3,5,11H2. The number of para-hydroxylation sites is 1. The van der Waals surface area contributed by atoms with Gasteiger partial charge in [-0.05, 0) is 43.2 Å². The van der Waals surface area contributed by atoms with Gasteiger partial charge in [-0.25, -0.2) is 0 Å². The number of likely N-dealkylation sites (tertiary alicyclic amines) is 1. The number of halogens is 4. The lowest BCUT2D eigenvalue weighted by Crippen LogP contribution is -2.32. The SMILES string of the molecule is O=C(c1ccc(Cl)cc1-n1nccn1)N1CCCC1c1noc(-c2ccccc2OC(F)(F)F)n1. The molecule has 0 bridgehead atoms. The Morgan fingerprint density at radius 2 is 1.91 bits per heavy atom. The summed E-state index contributed by atoms with van der Waals surface area (Å²) in [6.45, 7) is 0.426. The van der Waals surface area contributed by atoms with Crippen LogP contribution in [0.4, 0.5) is 13.2 Å². The molecule has 1 amide bonds. The van der Waals surface area contributed by atoms with Crippen LogP contribution in [0.5, 0.6) is 5.75 Å². The Balaban J connectivity index is 1.45. The molecule has 0 aliphatic carbocycles. The quantitative estimate of drug-likeness (QED) is 0.383. The van der Waals surface area contributed by atoms with Crippen LogP contribution in [0.1, 0.15) is 35.1 Å². The number of aromatic nitrogens is 5. The Morgan fingerprint density at radius 3 is 2.69 bits per heavy atom. The van der Waals surface area contributed by atoms with Gasteiger partial charge in [-0.3, -0.25) is 4.79 Å². The molecule has 2 aromatic heterocycles. The third-order valence-electron chi connectivity index (χ3n) is 5.42. The van der Waals surface area contributed by atoms with Crippen LogP contribution >= 0.6 is 11.6 Å². The minimum atomic E-state index is -4.88. The summed E-state index contributed by atoms with van der Waals surface area (Å²) in [7, 11) is 0. The first kappa shape index (κ1) is 22.8. The summed E-state index contributed by atoms with van der Waals surface area (Å²) in [5, 5.41) is 12.5. The summed E-state index contributed by atoms with van der Waals surface area (Å²) < 4.78 is 47.7. The van der Waals surface area contributed by atoms with Gasteiger partial charge in [0.25, 0.3) is 11.8 Å². The van der Waals surface area contributed by atoms with Gasteiger partial charge < -0.3 is 14.2 Å². The molecule has 5 rings (SSSR count). The van der Waals surface area contributed by atoms with Crippen LogP contribution in [0.3, 0.4) is 0 Å². The topological polar surface area (TPSA) is 99.2 Å². The van der Waals surface area contributed by atoms with E-state index >= 15 is 0 Å². The van der Waals surface area contributed by atoms with Crippen molar-refractivity contribution in [3.05, 3.63) is 71.3 Å². The van der Waals surface area contributed by atoms with Gasteiger partial charge in [-0.2, -0.15) is 20.0 Å². The molecule has 180 valence electrons. The number of amides is 1. The van der Waals surface area contributed by atoms with E-state index in [4.69, 9.17) is 16.1 Å². The van der Waals surface area contributed by atoms with Crippen molar-refractivity contribution in [1.82, 2.24) is 30.0 Å². The highest BCUT2D eigenvalue weighted by molar-refractivity contribution is 6.31. The van der Waals surface area contributed by atoms with E-state index in [2.05, 4.69) is 25.1 Å². The Morgan fingerprint density at radius 1 is 1.14 bits per heavy atom. The smallest absolute Gasteiger partial charge is 0.405 e. The van der Waals surface area contributed by atoms with Gasteiger partial charge in [0.1, 0.15) is 5.75 Å². The molecule has 35 heavy (non-hydrogen) atoms. The highest BCUT2D eigenvalue weighted by atomic mass is 35.5. The molecule has 1 fully saturated rings. The van der Waals surface area contributed by atoms with Gasteiger partial charge in [0, 0.05) is 11.6 Å². The number of hydrogen-bond acceptors (Lipinski definition) is 7. The fourth-order valence-corrected chi connectivity index (χ4v) is 4.13. The molecule has 1 saturated heterocycles. The second-order valence-electron chi connectivity index (χ2n) is 7.64. The monoisotopic (exact) mass is 504 g/mol. The normalized spacial score (nSPS) is 16.0. The molecule has 1 aliphatic heterocycles. The Kier molecular flexibility index (Phi) is 5.89. The third kappa shape index (κ3) is 4.69. The predicted octanol–water partition coefficient (Wildman–Crippen LogP) is 4.85. The van der Waals surface area contributed by atoms with Gasteiger partial charge in [-0.1, -0.05) is 28.9 Å². The lowest BCUT2D eigenvalue weighted by molar-refractivity contribution is -0.274. The van der Waals surface area contributed by atoms with E-state index in [1.54, 1.807) is 23.1 Å². The molecule has 2 aromatic carbocycles. The number of benzene rings is 2. The van der Waals surface area contributed by atoms with E-state index in [0.717, 1.165) is 6.07 Å². The number of alkyl halides is 3. The zero-order valence-electron chi connectivity index (χ0n) is 17.8. The summed E-state index contributed by atoms with van der Waals surface area (Å²) in [6.07, 6.45) is -0.692. The summed E-state index contributed by atoms with van der Waals surface area (Å²) in [4.78, 5) is 20.7. The third-order valence-corrected chi connectivity index (χ3v) is 5.66. The average Bonchev–Trinajstić information content (AvgIpc) is 3.59. The van der Waals surface area contributed by atoms with E-state index in [1.807, 2.05) is 0 Å². The summed E-state index contributed by atoms with van der Waals surface area (Å²) in [6, 6.07) is 9.70. The van der Waals surface area contributed by atoms with Crippen LogP contribution in [0.15, 0.2) is 59.4 Å². The van der Waals surface area contributed by atoms with Crippen molar-refractivity contribution in [1.29, 1.82) is 0 Å². The maximum atomic E-state index is 13.5. The van der Waals surface area contributed by atoms with Crippen LogP contribution in [0.2, 0.25) is 5.02 Å². The van der Waals surface area contributed by atoms with Gasteiger partial charge in [0.05, 0.1) is 35.2 Å². The first-order valence-corrected chi connectivity index (χ1v) is 10.8. The second-order valence-corrected chi connectivity index (χ2v) is 8.07. The minimum Gasteiger partial charge on any atom is -0.405 e. The van der Waals surface area contributed by atoms with Crippen molar-refractivity contribution in [2.75, 3.05) is 6.54 Å². The summed E-state index contributed by atoms with van der Waals surface area (Å²) in [5.74, 6) is -0.747. The highest BCUT2D eigenvalue weighted by Gasteiger charge is 2.36. The number of hydrogen-bond donors (Lipinski definition) is 0. The van der Waals surface area contributed by atoms with Crippen LogP contribution in [-0.4, -0.2) is 48.8 Å². The first-order chi connectivity index (χ1) is 16.8. The number of rotatable bonds is 5. The van der Waals surface area contributed by atoms with Gasteiger partial charge in [-0.15, -0.1) is 13.2 Å². The minimum absolute atomic E-state index is 0.0100. The zero-order valence-corrected chi connectivity index (χ0v) is 18.6. The second kappa shape index (κ2) is 9.02. The fraction of sp³-hybridized carbons (Fsp3) is 0.227. The van der Waals surface area contributed by atoms with Crippen molar-refractivity contribution in [3.63, 3.8) is 0 Å². The van der Waals surface area contributed by atoms with Gasteiger partial charge in [0.15, 0.2) is 5.82 Å². The highest BCUT2D eigenvalue weighted by Crippen LogP contribution is 2.36. The molecule has 0 N–H and O–H groups in total. The van der Waals surface area contributed by atoms with Gasteiger partial charge >= 0.3 is 6.36 Å². The molecule has 4 aromatic rings. The van der Waals surface area contributed by atoms with Gasteiger partial charge in [0.2, 0.25) is 0 Å². The van der Waals surface area contributed by atoms with Crippen LogP contribution in [-0.2, 0) is 0 Å². The van der Waals surface area contributed by atoms with Crippen molar-refractivity contribution >= 4 is 17.5 Å². The molecule has 9 nitrogen and oxygen atoms in total.